The van der Waals surface area contributed by atoms with E-state index in [9.17, 15) is 9.18 Å². The van der Waals surface area contributed by atoms with E-state index in [4.69, 9.17) is 5.73 Å². The summed E-state index contributed by atoms with van der Waals surface area (Å²) in [6, 6.07) is 7.07. The molecule has 7 heteroatoms. The first-order valence-corrected chi connectivity index (χ1v) is 10.5. The van der Waals surface area contributed by atoms with Gasteiger partial charge >= 0.3 is 0 Å². The van der Waals surface area contributed by atoms with Crippen molar-refractivity contribution in [2.24, 2.45) is 17.6 Å². The Bertz CT molecular complexity index is 900. The summed E-state index contributed by atoms with van der Waals surface area (Å²) < 4.78 is 16.0. The van der Waals surface area contributed by atoms with Gasteiger partial charge in [0.25, 0.3) is 5.91 Å². The van der Waals surface area contributed by atoms with Crippen LogP contribution in [0.15, 0.2) is 24.3 Å². The molecule has 2 saturated carbocycles. The van der Waals surface area contributed by atoms with Crippen molar-refractivity contribution in [1.29, 1.82) is 0 Å². The van der Waals surface area contributed by atoms with E-state index >= 15 is 0 Å². The van der Waals surface area contributed by atoms with Crippen molar-refractivity contribution in [2.75, 3.05) is 0 Å². The Hall–Kier alpha value is -1.92. The topological polar surface area (TPSA) is 72.9 Å². The van der Waals surface area contributed by atoms with E-state index in [2.05, 4.69) is 10.4 Å². The monoisotopic (exact) mass is 418 g/mol. The minimum absolute atomic E-state index is 0. The standard InChI is InChI=1S/C22H27FN4O.ClH/c23-17-8-1-2-9-19(17)27-18-10-4-7-16(18)21(26-27)22(28)25-20-13-5-3-6-14(20)12-15(24)11-13;/h1-2,8-9,13-15,20H,3-7,10-12,24H2,(H,25,28);1H. The highest BCUT2D eigenvalue weighted by Gasteiger charge is 2.40. The number of aromatic nitrogens is 2. The molecule has 3 aliphatic carbocycles. The maximum Gasteiger partial charge on any atom is 0.272 e. The quantitative estimate of drug-likeness (QED) is 0.800. The number of nitrogens with zero attached hydrogens (tertiary/aromatic N) is 2. The van der Waals surface area contributed by atoms with Crippen LogP contribution in [-0.4, -0.2) is 27.8 Å². The fourth-order valence-electron chi connectivity index (χ4n) is 5.69. The SMILES string of the molecule is Cl.NC1CC2CCCC(C1)C2NC(=O)c1nn(-c2ccccc2F)c2c1CCC2. The van der Waals surface area contributed by atoms with Crippen LogP contribution in [0.2, 0.25) is 0 Å². The molecule has 2 bridgehead atoms. The Balaban J connectivity index is 0.00000205. The number of hydrogen-bond donors (Lipinski definition) is 2. The Morgan fingerprint density at radius 3 is 2.59 bits per heavy atom. The highest BCUT2D eigenvalue weighted by Crippen LogP contribution is 2.40. The van der Waals surface area contributed by atoms with E-state index in [1.165, 1.54) is 12.5 Å². The molecule has 5 nitrogen and oxygen atoms in total. The van der Waals surface area contributed by atoms with E-state index < -0.39 is 0 Å². The van der Waals surface area contributed by atoms with Crippen LogP contribution in [-0.2, 0) is 12.8 Å². The Labute approximate surface area is 176 Å². The summed E-state index contributed by atoms with van der Waals surface area (Å²) >= 11 is 0. The molecule has 5 rings (SSSR count). The van der Waals surface area contributed by atoms with Gasteiger partial charge in [0.1, 0.15) is 11.5 Å². The van der Waals surface area contributed by atoms with Crippen LogP contribution in [0.3, 0.4) is 0 Å². The third kappa shape index (κ3) is 3.57. The normalized spacial score (nSPS) is 27.8. The largest absolute Gasteiger partial charge is 0.347 e. The summed E-state index contributed by atoms with van der Waals surface area (Å²) in [5.41, 5.74) is 9.07. The van der Waals surface area contributed by atoms with Crippen LogP contribution in [0.1, 0.15) is 60.3 Å². The van der Waals surface area contributed by atoms with Gasteiger partial charge in [0, 0.05) is 23.3 Å². The van der Waals surface area contributed by atoms with Gasteiger partial charge < -0.3 is 11.1 Å². The number of rotatable bonds is 3. The van der Waals surface area contributed by atoms with Crippen molar-refractivity contribution in [3.05, 3.63) is 47.0 Å². The van der Waals surface area contributed by atoms with Crippen LogP contribution < -0.4 is 11.1 Å². The molecule has 0 radical (unpaired) electrons. The molecule has 1 aromatic carbocycles. The van der Waals surface area contributed by atoms with E-state index in [1.807, 2.05) is 0 Å². The third-order valence-corrected chi connectivity index (χ3v) is 6.90. The number of halogens is 2. The number of hydrogen-bond acceptors (Lipinski definition) is 3. The zero-order valence-corrected chi connectivity index (χ0v) is 17.3. The number of carbonyl (C=O) groups is 1. The zero-order chi connectivity index (χ0) is 19.3. The molecule has 1 amide bonds. The fraction of sp³-hybridized carbons (Fsp3) is 0.545. The molecule has 3 N–H and O–H groups in total. The number of amides is 1. The molecule has 156 valence electrons. The number of fused-ring (bicyclic) bond motifs is 3. The molecule has 2 unspecified atom stereocenters. The number of para-hydroxylation sites is 1. The Kier molecular flexibility index (Phi) is 5.67. The predicted molar refractivity (Wildman–Crippen MR) is 112 cm³/mol. The summed E-state index contributed by atoms with van der Waals surface area (Å²) in [5.74, 6) is 0.509. The van der Waals surface area contributed by atoms with Gasteiger partial charge in [-0.2, -0.15) is 5.10 Å². The van der Waals surface area contributed by atoms with Crippen LogP contribution >= 0.6 is 12.4 Å². The molecule has 0 aliphatic heterocycles. The minimum Gasteiger partial charge on any atom is -0.347 e. The van der Waals surface area contributed by atoms with E-state index in [-0.39, 0.29) is 36.2 Å². The first-order chi connectivity index (χ1) is 13.6. The average Bonchev–Trinajstić information content (AvgIpc) is 3.26. The number of benzene rings is 1. The first kappa shape index (κ1) is 20.4. The lowest BCUT2D eigenvalue weighted by Gasteiger charge is -2.45. The molecular weight excluding hydrogens is 391 g/mol. The lowest BCUT2D eigenvalue weighted by atomic mass is 9.67. The number of carbonyl (C=O) groups excluding carboxylic acids is 1. The van der Waals surface area contributed by atoms with Gasteiger partial charge in [0.15, 0.2) is 5.69 Å². The molecule has 0 spiro atoms. The molecule has 2 atom stereocenters. The summed E-state index contributed by atoms with van der Waals surface area (Å²) in [6.45, 7) is 0. The molecule has 3 aliphatic rings. The molecule has 29 heavy (non-hydrogen) atoms. The van der Waals surface area contributed by atoms with Crippen molar-refractivity contribution in [1.82, 2.24) is 15.1 Å². The van der Waals surface area contributed by atoms with Crippen LogP contribution in [0.4, 0.5) is 4.39 Å². The second kappa shape index (κ2) is 8.07. The van der Waals surface area contributed by atoms with Crippen molar-refractivity contribution in [2.45, 2.75) is 63.5 Å². The van der Waals surface area contributed by atoms with E-state index in [0.717, 1.165) is 56.2 Å². The maximum atomic E-state index is 14.3. The van der Waals surface area contributed by atoms with Gasteiger partial charge in [0.2, 0.25) is 0 Å². The Morgan fingerprint density at radius 1 is 1.14 bits per heavy atom. The van der Waals surface area contributed by atoms with Gasteiger partial charge in [0.05, 0.1) is 0 Å². The molecule has 0 saturated heterocycles. The maximum absolute atomic E-state index is 14.3. The van der Waals surface area contributed by atoms with Crippen molar-refractivity contribution >= 4 is 18.3 Å². The summed E-state index contributed by atoms with van der Waals surface area (Å²) in [4.78, 5) is 13.2. The lowest BCUT2D eigenvalue weighted by Crippen LogP contribution is -2.53. The lowest BCUT2D eigenvalue weighted by molar-refractivity contribution is 0.0750. The zero-order valence-electron chi connectivity index (χ0n) is 16.4. The van der Waals surface area contributed by atoms with Crippen LogP contribution in [0.5, 0.6) is 0 Å². The minimum atomic E-state index is -0.317. The highest BCUT2D eigenvalue weighted by atomic mass is 35.5. The van der Waals surface area contributed by atoms with Gasteiger partial charge in [-0.3, -0.25) is 4.79 Å². The van der Waals surface area contributed by atoms with Gasteiger partial charge in [-0.05, 0) is 68.9 Å². The van der Waals surface area contributed by atoms with Crippen LogP contribution in [0, 0.1) is 17.7 Å². The van der Waals surface area contributed by atoms with E-state index in [1.54, 1.807) is 22.9 Å². The number of nitrogens with one attached hydrogen (secondary N) is 1. The molecule has 2 fully saturated rings. The highest BCUT2D eigenvalue weighted by molar-refractivity contribution is 5.94. The molecule has 2 aromatic rings. The van der Waals surface area contributed by atoms with Crippen molar-refractivity contribution in [3.8, 4) is 5.69 Å². The fourth-order valence-corrected chi connectivity index (χ4v) is 5.69. The second-order valence-electron chi connectivity index (χ2n) is 8.67. The molecule has 1 heterocycles. The summed E-state index contributed by atoms with van der Waals surface area (Å²) in [7, 11) is 0. The van der Waals surface area contributed by atoms with E-state index in [0.29, 0.717) is 23.2 Å². The molecule has 1 aromatic heterocycles. The summed E-state index contributed by atoms with van der Waals surface area (Å²) in [6.07, 6.45) is 8.11. The van der Waals surface area contributed by atoms with Gasteiger partial charge in [-0.1, -0.05) is 18.6 Å². The second-order valence-corrected chi connectivity index (χ2v) is 8.67. The van der Waals surface area contributed by atoms with Gasteiger partial charge in [-0.15, -0.1) is 12.4 Å². The van der Waals surface area contributed by atoms with Crippen molar-refractivity contribution in [3.63, 3.8) is 0 Å². The van der Waals surface area contributed by atoms with Crippen molar-refractivity contribution < 1.29 is 9.18 Å². The molecular formula is C22H28ClFN4O. The van der Waals surface area contributed by atoms with Crippen LogP contribution in [0.25, 0.3) is 5.69 Å². The first-order valence-electron chi connectivity index (χ1n) is 10.5. The van der Waals surface area contributed by atoms with Gasteiger partial charge in [-0.25, -0.2) is 9.07 Å². The number of nitrogens with two attached hydrogens (primary N) is 1. The smallest absolute Gasteiger partial charge is 0.272 e. The average molecular weight is 419 g/mol. The third-order valence-electron chi connectivity index (χ3n) is 6.90. The predicted octanol–water partition coefficient (Wildman–Crippen LogP) is 3.56. The summed E-state index contributed by atoms with van der Waals surface area (Å²) in [5, 5.41) is 7.88. The Morgan fingerprint density at radius 2 is 1.86 bits per heavy atom.